The van der Waals surface area contributed by atoms with Crippen LogP contribution in [-0.4, -0.2) is 109 Å². The van der Waals surface area contributed by atoms with Crippen molar-refractivity contribution in [2.24, 2.45) is 11.3 Å². The molecule has 1 aliphatic carbocycles. The Kier molecular flexibility index (Phi) is 23.0. The van der Waals surface area contributed by atoms with E-state index in [0.717, 1.165) is 37.7 Å². The molecular weight excluding hydrogens is 873 g/mol. The molecule has 0 aromatic heterocycles. The normalized spacial score (nSPS) is 14.4. The maximum atomic E-state index is 13.1. The minimum Gasteiger partial charge on any atom is -0.493 e. The van der Waals surface area contributed by atoms with Crippen LogP contribution in [0, 0.1) is 11.3 Å². The first-order chi connectivity index (χ1) is 31.9. The van der Waals surface area contributed by atoms with Gasteiger partial charge in [0, 0.05) is 42.1 Å². The Balaban J connectivity index is 2.04. The van der Waals surface area contributed by atoms with Crippen molar-refractivity contribution in [1.29, 1.82) is 0 Å². The van der Waals surface area contributed by atoms with Crippen LogP contribution in [0.1, 0.15) is 90.5 Å². The highest BCUT2D eigenvalue weighted by Gasteiger charge is 2.39. The van der Waals surface area contributed by atoms with Crippen molar-refractivity contribution in [2.45, 2.75) is 85.0 Å². The monoisotopic (exact) mass is 936 g/mol. The van der Waals surface area contributed by atoms with Gasteiger partial charge in [-0.1, -0.05) is 64.5 Å². The number of benzene rings is 2. The van der Waals surface area contributed by atoms with Crippen molar-refractivity contribution in [3.8, 4) is 28.4 Å². The fourth-order valence-corrected chi connectivity index (χ4v) is 6.78. The minimum atomic E-state index is -1.76. The molecule has 366 valence electrons. The van der Waals surface area contributed by atoms with Crippen molar-refractivity contribution >= 4 is 41.8 Å². The van der Waals surface area contributed by atoms with Crippen LogP contribution in [-0.2, 0) is 66.7 Å². The van der Waals surface area contributed by atoms with Gasteiger partial charge in [0.2, 0.25) is 0 Å². The van der Waals surface area contributed by atoms with E-state index in [1.54, 1.807) is 43.3 Å². The maximum Gasteiger partial charge on any atom is 0.417 e. The third kappa shape index (κ3) is 18.1. The van der Waals surface area contributed by atoms with Gasteiger partial charge in [-0.25, -0.2) is 33.6 Å². The zero-order valence-corrected chi connectivity index (χ0v) is 39.5. The van der Waals surface area contributed by atoms with Gasteiger partial charge < -0.3 is 47.4 Å². The molecule has 0 spiro atoms. The molecule has 3 rings (SSSR count). The lowest BCUT2D eigenvalue weighted by molar-refractivity contribution is -0.179. The Morgan fingerprint density at radius 1 is 0.567 bits per heavy atom. The Morgan fingerprint density at radius 3 is 1.52 bits per heavy atom. The average Bonchev–Trinajstić information content (AvgIpc) is 3.31. The predicted molar refractivity (Wildman–Crippen MR) is 243 cm³/mol. The first-order valence-electron chi connectivity index (χ1n) is 22.1. The minimum absolute atomic E-state index is 0.00111. The third-order valence-electron chi connectivity index (χ3n) is 10.7. The maximum absolute atomic E-state index is 13.1. The molecule has 0 saturated heterocycles. The third-order valence-corrected chi connectivity index (χ3v) is 10.7. The smallest absolute Gasteiger partial charge is 0.417 e. The number of esters is 7. The van der Waals surface area contributed by atoms with E-state index in [0.29, 0.717) is 22.8 Å². The van der Waals surface area contributed by atoms with Crippen LogP contribution in [0.5, 0.6) is 17.2 Å². The van der Waals surface area contributed by atoms with Gasteiger partial charge in [0.25, 0.3) is 0 Å². The van der Waals surface area contributed by atoms with Crippen molar-refractivity contribution < 1.29 is 80.9 Å². The van der Waals surface area contributed by atoms with E-state index in [2.05, 4.69) is 26.7 Å². The molecule has 0 radical (unpaired) electrons. The van der Waals surface area contributed by atoms with Crippen molar-refractivity contribution in [3.63, 3.8) is 0 Å². The molecule has 1 saturated carbocycles. The molecule has 0 atom stereocenters. The van der Waals surface area contributed by atoms with Gasteiger partial charge in [0.1, 0.15) is 62.3 Å². The molecule has 17 heteroatoms. The highest BCUT2D eigenvalue weighted by Crippen LogP contribution is 2.46. The van der Waals surface area contributed by atoms with E-state index < -0.39 is 73.6 Å². The molecule has 0 aliphatic heterocycles. The van der Waals surface area contributed by atoms with Gasteiger partial charge in [0.15, 0.2) is 0 Å². The summed E-state index contributed by atoms with van der Waals surface area (Å²) in [6.07, 6.45) is 8.44. The van der Waals surface area contributed by atoms with Gasteiger partial charge in [-0.3, -0.25) is 0 Å². The summed E-state index contributed by atoms with van der Waals surface area (Å²) in [4.78, 5) is 88.9. The van der Waals surface area contributed by atoms with E-state index in [4.69, 9.17) is 47.4 Å². The van der Waals surface area contributed by atoms with Gasteiger partial charge in [-0.2, -0.15) is 0 Å². The molecule has 0 unspecified atom stereocenters. The summed E-state index contributed by atoms with van der Waals surface area (Å²) >= 11 is 0. The van der Waals surface area contributed by atoms with Gasteiger partial charge in [0.05, 0.1) is 13.2 Å². The van der Waals surface area contributed by atoms with Gasteiger partial charge in [-0.05, 0) is 88.1 Å². The number of methoxy groups -OCH3 is 2. The van der Waals surface area contributed by atoms with Crippen LogP contribution >= 0.6 is 0 Å². The Bertz CT molecular complexity index is 2040. The molecule has 0 heterocycles. The summed E-state index contributed by atoms with van der Waals surface area (Å²) in [5.41, 5.74) is 0.257. The molecule has 0 N–H and O–H groups in total. The zero-order valence-electron chi connectivity index (χ0n) is 39.5. The highest BCUT2D eigenvalue weighted by atomic mass is 16.6. The SMILES string of the molecule is C=C(C)C(=O)OCC(COC(=O)C(=O)OCCOC)(COC(=O)C(=O)OCCOC)COc1ccc(-c2cc(OC(=O)C(=C)C)c(C3CCC(CCCCC)CC3)cc2OC(=O)C(=C)C)cc1. The molecule has 0 bridgehead atoms. The molecule has 0 amide bonds. The second-order valence-electron chi connectivity index (χ2n) is 16.5. The lowest BCUT2D eigenvalue weighted by atomic mass is 9.76. The Morgan fingerprint density at radius 2 is 1.04 bits per heavy atom. The van der Waals surface area contributed by atoms with Crippen LogP contribution in [0.2, 0.25) is 0 Å². The summed E-state index contributed by atoms with van der Waals surface area (Å²) in [7, 11) is 2.73. The van der Waals surface area contributed by atoms with Crippen LogP contribution in [0.15, 0.2) is 72.9 Å². The van der Waals surface area contributed by atoms with Crippen LogP contribution in [0.3, 0.4) is 0 Å². The standard InChI is InChI=1S/C50H64O17/c1-10-11-12-13-35-14-16-36(17-15-35)39-26-42(67-45(53)34(6)7)40(27-41(39)66-44(52)33(4)5)37-18-20-38(21-19-37)62-28-50(29-63-43(51)32(2)3,30-64-48(56)46(54)60-24-22-58-8)31-65-49(57)47(55)61-25-23-59-9/h18-21,26-27,35-36H,2,4,6,10-17,22-25,28-31H2,1,3,5,7-9H3. The summed E-state index contributed by atoms with van der Waals surface area (Å²) in [6, 6.07) is 9.79. The number of hydrogen-bond donors (Lipinski definition) is 0. The van der Waals surface area contributed by atoms with Gasteiger partial charge in [-0.15, -0.1) is 0 Å². The lowest BCUT2D eigenvalue weighted by Crippen LogP contribution is -2.45. The van der Waals surface area contributed by atoms with Crippen LogP contribution in [0.4, 0.5) is 0 Å². The topological polar surface area (TPSA) is 212 Å². The summed E-state index contributed by atoms with van der Waals surface area (Å²) in [6.45, 7) is 14.6. The van der Waals surface area contributed by atoms with Crippen LogP contribution in [0.25, 0.3) is 11.1 Å². The number of carbonyl (C=O) groups excluding carboxylic acids is 7. The number of unbranched alkanes of at least 4 members (excludes halogenated alkanes) is 2. The zero-order chi connectivity index (χ0) is 49.5. The summed E-state index contributed by atoms with van der Waals surface area (Å²) in [5.74, 6) is -6.37. The first kappa shape index (κ1) is 55.0. The summed E-state index contributed by atoms with van der Waals surface area (Å²) < 4.78 is 53.3. The molecule has 1 fully saturated rings. The Hall–Kier alpha value is -6.33. The van der Waals surface area contributed by atoms with Gasteiger partial charge >= 0.3 is 41.8 Å². The van der Waals surface area contributed by atoms with Crippen molar-refractivity contribution in [2.75, 3.05) is 67.1 Å². The molecular formula is C50H64O17. The van der Waals surface area contributed by atoms with Crippen molar-refractivity contribution in [1.82, 2.24) is 0 Å². The number of carbonyl (C=O) groups is 7. The number of ether oxygens (including phenoxy) is 10. The second-order valence-corrected chi connectivity index (χ2v) is 16.5. The molecule has 67 heavy (non-hydrogen) atoms. The fraction of sp³-hybridized carbons (Fsp3) is 0.500. The largest absolute Gasteiger partial charge is 0.493 e. The molecule has 1 aliphatic rings. The predicted octanol–water partition coefficient (Wildman–Crippen LogP) is 7.12. The first-order valence-corrected chi connectivity index (χ1v) is 22.1. The van der Waals surface area contributed by atoms with Crippen LogP contribution < -0.4 is 14.2 Å². The molecule has 2 aromatic carbocycles. The Labute approximate surface area is 392 Å². The second kappa shape index (κ2) is 28.0. The van der Waals surface area contributed by atoms with E-state index in [1.807, 2.05) is 0 Å². The number of hydrogen-bond acceptors (Lipinski definition) is 17. The van der Waals surface area contributed by atoms with E-state index in [1.165, 1.54) is 47.3 Å². The lowest BCUT2D eigenvalue weighted by Gasteiger charge is -2.31. The molecule has 17 nitrogen and oxygen atoms in total. The van der Waals surface area contributed by atoms with Crippen molar-refractivity contribution in [3.05, 3.63) is 78.4 Å². The molecule has 2 aromatic rings. The van der Waals surface area contributed by atoms with E-state index >= 15 is 0 Å². The number of rotatable bonds is 26. The fourth-order valence-electron chi connectivity index (χ4n) is 6.78. The summed E-state index contributed by atoms with van der Waals surface area (Å²) in [5, 5.41) is 0. The highest BCUT2D eigenvalue weighted by molar-refractivity contribution is 6.30. The van der Waals surface area contributed by atoms with E-state index in [9.17, 15) is 33.6 Å². The average molecular weight is 937 g/mol. The quantitative estimate of drug-likeness (QED) is 0.0229. The van der Waals surface area contributed by atoms with E-state index in [-0.39, 0.29) is 60.6 Å².